The fourth-order valence-electron chi connectivity index (χ4n) is 6.17. The molecule has 1 N–H and O–H groups in total. The predicted molar refractivity (Wildman–Crippen MR) is 131 cm³/mol. The smallest absolute Gasteiger partial charge is 0.330 e. The van der Waals surface area contributed by atoms with Gasteiger partial charge in [0.2, 0.25) is 11.8 Å². The molecule has 0 unspecified atom stereocenters. The molecule has 5 atom stereocenters. The molecule has 10 nitrogen and oxygen atoms in total. The van der Waals surface area contributed by atoms with E-state index in [1.807, 2.05) is 6.07 Å². The van der Waals surface area contributed by atoms with Crippen LogP contribution in [-0.4, -0.2) is 46.2 Å². The molecule has 37 heavy (non-hydrogen) atoms. The first-order chi connectivity index (χ1) is 17.7. The maximum atomic E-state index is 13.4. The lowest BCUT2D eigenvalue weighted by Gasteiger charge is -2.26. The summed E-state index contributed by atoms with van der Waals surface area (Å²) in [5.41, 5.74) is 1.23. The van der Waals surface area contributed by atoms with Gasteiger partial charge in [0, 0.05) is 23.7 Å². The van der Waals surface area contributed by atoms with Crippen LogP contribution in [0.3, 0.4) is 0 Å². The highest BCUT2D eigenvalue weighted by Gasteiger charge is 2.62. The van der Waals surface area contributed by atoms with E-state index < -0.39 is 29.4 Å². The van der Waals surface area contributed by atoms with Crippen molar-refractivity contribution in [3.63, 3.8) is 0 Å². The Bertz CT molecular complexity index is 1250. The molecule has 0 aromatic heterocycles. The highest BCUT2D eigenvalue weighted by molar-refractivity contribution is 6.08. The summed E-state index contributed by atoms with van der Waals surface area (Å²) in [5.74, 6) is -2.59. The first-order valence-electron chi connectivity index (χ1n) is 12.4. The molecule has 10 heteroatoms. The van der Waals surface area contributed by atoms with Crippen LogP contribution in [0.4, 0.5) is 11.4 Å². The predicted octanol–water partition coefficient (Wildman–Crippen LogP) is 3.03. The van der Waals surface area contributed by atoms with Crippen molar-refractivity contribution in [3.05, 3.63) is 69.8 Å². The number of carbonyl (C=O) groups excluding carboxylic acids is 4. The number of nitrogens with one attached hydrogen (secondary N) is 1. The minimum absolute atomic E-state index is 0.0811. The van der Waals surface area contributed by atoms with Crippen LogP contribution in [0, 0.1) is 40.7 Å². The molecule has 1 aliphatic heterocycles. The van der Waals surface area contributed by atoms with Crippen molar-refractivity contribution in [2.75, 3.05) is 11.9 Å². The van der Waals surface area contributed by atoms with Gasteiger partial charge < -0.3 is 10.1 Å². The number of anilines is 1. The first kappa shape index (κ1) is 24.6. The summed E-state index contributed by atoms with van der Waals surface area (Å²) in [4.78, 5) is 64.1. The van der Waals surface area contributed by atoms with Gasteiger partial charge in [-0.1, -0.05) is 36.4 Å². The van der Waals surface area contributed by atoms with E-state index in [9.17, 15) is 29.3 Å². The summed E-state index contributed by atoms with van der Waals surface area (Å²) in [6.45, 7) is 0.916. The molecule has 2 bridgehead atoms. The third kappa shape index (κ3) is 4.59. The van der Waals surface area contributed by atoms with Gasteiger partial charge in [-0.05, 0) is 49.7 Å². The van der Waals surface area contributed by atoms with Gasteiger partial charge in [0.1, 0.15) is 6.04 Å². The molecule has 1 saturated heterocycles. The van der Waals surface area contributed by atoms with Crippen molar-refractivity contribution in [2.45, 2.75) is 38.6 Å². The largest absolute Gasteiger partial charge is 0.454 e. The number of aryl methyl sites for hydroxylation is 1. The zero-order valence-corrected chi connectivity index (χ0v) is 20.3. The number of amides is 3. The van der Waals surface area contributed by atoms with Gasteiger partial charge in [0.15, 0.2) is 6.61 Å². The van der Waals surface area contributed by atoms with E-state index in [0.717, 1.165) is 29.7 Å². The van der Waals surface area contributed by atoms with E-state index in [1.165, 1.54) is 18.2 Å². The SMILES string of the molecule is Cc1ccc(NC(=O)COC(=O)[C@H](Cc2ccccc2)N2C(=O)[C@@H]3[C@H]4CC[C@@H](C4)[C@@H]3C2=O)cc1[N+](=O)[O-]. The Morgan fingerprint density at radius 3 is 2.35 bits per heavy atom. The number of carbonyl (C=O) groups is 4. The normalized spacial score (nSPS) is 24.6. The molecule has 192 valence electrons. The van der Waals surface area contributed by atoms with Gasteiger partial charge in [-0.25, -0.2) is 4.79 Å². The summed E-state index contributed by atoms with van der Waals surface area (Å²) < 4.78 is 5.28. The van der Waals surface area contributed by atoms with Crippen LogP contribution >= 0.6 is 0 Å². The number of likely N-dealkylation sites (tertiary alicyclic amines) is 1. The third-order valence-corrected chi connectivity index (χ3v) is 7.85. The molecule has 3 amide bonds. The number of rotatable bonds is 8. The van der Waals surface area contributed by atoms with E-state index in [-0.39, 0.29) is 53.3 Å². The molecule has 3 aliphatic rings. The van der Waals surface area contributed by atoms with Crippen molar-refractivity contribution in [2.24, 2.45) is 23.7 Å². The molecular weight excluding hydrogens is 478 g/mol. The van der Waals surface area contributed by atoms with Crippen molar-refractivity contribution in [1.29, 1.82) is 0 Å². The summed E-state index contributed by atoms with van der Waals surface area (Å²) >= 11 is 0. The van der Waals surface area contributed by atoms with Gasteiger partial charge in [0.25, 0.3) is 11.6 Å². The van der Waals surface area contributed by atoms with Crippen LogP contribution < -0.4 is 5.32 Å². The quantitative estimate of drug-likeness (QED) is 0.252. The number of ether oxygens (including phenoxy) is 1. The Balaban J connectivity index is 1.30. The number of nitrogens with zero attached hydrogens (tertiary/aromatic N) is 2. The van der Waals surface area contributed by atoms with Crippen LogP contribution in [0.25, 0.3) is 0 Å². The first-order valence-corrected chi connectivity index (χ1v) is 12.4. The second-order valence-electron chi connectivity index (χ2n) is 10.1. The summed E-state index contributed by atoms with van der Waals surface area (Å²) in [5, 5.41) is 13.6. The van der Waals surface area contributed by atoms with Crippen molar-refractivity contribution >= 4 is 35.1 Å². The number of benzene rings is 2. The number of nitro groups is 1. The summed E-state index contributed by atoms with van der Waals surface area (Å²) in [6.07, 6.45) is 2.80. The van der Waals surface area contributed by atoms with E-state index in [1.54, 1.807) is 31.2 Å². The molecule has 0 radical (unpaired) electrons. The lowest BCUT2D eigenvalue weighted by Crippen LogP contribution is -2.48. The fraction of sp³-hybridized carbons (Fsp3) is 0.407. The Morgan fingerprint density at radius 1 is 1.08 bits per heavy atom. The van der Waals surface area contributed by atoms with E-state index in [4.69, 9.17) is 4.74 Å². The average Bonchev–Trinajstić information content (AvgIpc) is 3.56. The van der Waals surface area contributed by atoms with E-state index in [2.05, 4.69) is 5.32 Å². The zero-order chi connectivity index (χ0) is 26.3. The molecule has 1 heterocycles. The lowest BCUT2D eigenvalue weighted by atomic mass is 9.81. The fourth-order valence-corrected chi connectivity index (χ4v) is 6.17. The second-order valence-corrected chi connectivity index (χ2v) is 10.1. The van der Waals surface area contributed by atoms with Gasteiger partial charge >= 0.3 is 5.97 Å². The summed E-state index contributed by atoms with van der Waals surface area (Å²) in [7, 11) is 0. The van der Waals surface area contributed by atoms with Crippen LogP contribution in [0.15, 0.2) is 48.5 Å². The van der Waals surface area contributed by atoms with Gasteiger partial charge in [-0.2, -0.15) is 0 Å². The Morgan fingerprint density at radius 2 is 1.73 bits per heavy atom. The highest BCUT2D eigenvalue weighted by atomic mass is 16.6. The monoisotopic (exact) mass is 505 g/mol. The van der Waals surface area contributed by atoms with Crippen LogP contribution in [-0.2, 0) is 30.3 Å². The minimum Gasteiger partial charge on any atom is -0.454 e. The summed E-state index contributed by atoms with van der Waals surface area (Å²) in [6, 6.07) is 12.1. The standard InChI is InChI=1S/C27H27N3O7/c1-15-7-10-19(13-20(15)30(35)36)28-22(31)14-37-27(34)21(11-16-5-3-2-4-6-16)29-25(32)23-17-8-9-18(12-17)24(23)26(29)33/h2-7,10,13,17-18,21,23-24H,8-9,11-12,14H2,1H3,(H,28,31)/t17-,18-,21-,23-,24+/m0/s1. The number of imide groups is 1. The van der Waals surface area contributed by atoms with Crippen molar-refractivity contribution in [1.82, 2.24) is 4.90 Å². The average molecular weight is 506 g/mol. The van der Waals surface area contributed by atoms with Crippen LogP contribution in [0.2, 0.25) is 0 Å². The molecular formula is C27H27N3O7. The van der Waals surface area contributed by atoms with Gasteiger partial charge in [-0.3, -0.25) is 29.4 Å². The zero-order valence-electron chi connectivity index (χ0n) is 20.3. The number of hydrogen-bond acceptors (Lipinski definition) is 7. The Kier molecular flexibility index (Phi) is 6.49. The third-order valence-electron chi connectivity index (χ3n) is 7.85. The van der Waals surface area contributed by atoms with Gasteiger partial charge in [-0.15, -0.1) is 0 Å². The molecule has 2 aliphatic carbocycles. The number of esters is 1. The maximum absolute atomic E-state index is 13.4. The molecule has 2 aromatic carbocycles. The number of hydrogen-bond donors (Lipinski definition) is 1. The van der Waals surface area contributed by atoms with Crippen LogP contribution in [0.1, 0.15) is 30.4 Å². The molecule has 3 fully saturated rings. The topological polar surface area (TPSA) is 136 Å². The van der Waals surface area contributed by atoms with Crippen LogP contribution in [0.5, 0.6) is 0 Å². The van der Waals surface area contributed by atoms with Crippen molar-refractivity contribution in [3.8, 4) is 0 Å². The second kappa shape index (κ2) is 9.76. The lowest BCUT2D eigenvalue weighted by molar-refractivity contribution is -0.385. The molecule has 2 saturated carbocycles. The minimum atomic E-state index is -1.18. The highest BCUT2D eigenvalue weighted by Crippen LogP contribution is 2.56. The number of fused-ring (bicyclic) bond motifs is 5. The Labute approximate surface area is 213 Å². The maximum Gasteiger partial charge on any atom is 0.330 e. The van der Waals surface area contributed by atoms with Crippen molar-refractivity contribution < 1.29 is 28.8 Å². The number of nitro benzene ring substituents is 1. The Hall–Kier alpha value is -4.08. The van der Waals surface area contributed by atoms with E-state index in [0.29, 0.717) is 5.56 Å². The van der Waals surface area contributed by atoms with E-state index >= 15 is 0 Å². The molecule has 0 spiro atoms. The molecule has 2 aromatic rings. The molecule has 5 rings (SSSR count). The van der Waals surface area contributed by atoms with Gasteiger partial charge in [0.05, 0.1) is 16.8 Å².